The summed E-state index contributed by atoms with van der Waals surface area (Å²) in [4.78, 5) is 0. The molecule has 0 aromatic carbocycles. The molecule has 0 saturated heterocycles. The lowest BCUT2D eigenvalue weighted by molar-refractivity contribution is 0.240. The highest BCUT2D eigenvalue weighted by Gasteiger charge is 2.27. The molecule has 2 aliphatic carbocycles. The normalized spacial score (nSPS) is 41.3. The first kappa shape index (κ1) is 12.2. The number of nitrogens with two attached hydrogens (primary N) is 1. The van der Waals surface area contributed by atoms with E-state index in [0.29, 0.717) is 6.04 Å². The van der Waals surface area contributed by atoms with Crippen LogP contribution in [0.15, 0.2) is 11.6 Å². The zero-order valence-electron chi connectivity index (χ0n) is 10.9. The standard InChI is InChI=1S/C15H27N/c1-11-7-12(2)9-14(8-11)13-5-3-4-6-15(16)10-13/h10-12,14-15H,3-9,16H2,1-2H3. The maximum Gasteiger partial charge on any atom is 0.0226 e. The Labute approximate surface area is 100 Å². The summed E-state index contributed by atoms with van der Waals surface area (Å²) in [5, 5.41) is 0. The highest BCUT2D eigenvalue weighted by atomic mass is 14.6. The molecule has 0 spiro atoms. The van der Waals surface area contributed by atoms with Gasteiger partial charge in [-0.25, -0.2) is 0 Å². The minimum absolute atomic E-state index is 0.338. The van der Waals surface area contributed by atoms with Gasteiger partial charge in [0.25, 0.3) is 0 Å². The van der Waals surface area contributed by atoms with E-state index < -0.39 is 0 Å². The Hall–Kier alpha value is -0.300. The van der Waals surface area contributed by atoms with E-state index in [2.05, 4.69) is 19.9 Å². The van der Waals surface area contributed by atoms with E-state index in [-0.39, 0.29) is 0 Å². The van der Waals surface area contributed by atoms with E-state index in [1.54, 1.807) is 5.57 Å². The molecule has 0 aromatic heterocycles. The van der Waals surface area contributed by atoms with E-state index in [4.69, 9.17) is 5.73 Å². The number of rotatable bonds is 1. The summed E-state index contributed by atoms with van der Waals surface area (Å²) in [5.41, 5.74) is 7.82. The van der Waals surface area contributed by atoms with Gasteiger partial charge < -0.3 is 5.73 Å². The second-order valence-electron chi connectivity index (χ2n) is 6.27. The van der Waals surface area contributed by atoms with Gasteiger partial charge in [-0.1, -0.05) is 31.9 Å². The SMILES string of the molecule is CC1CC(C)CC(C2=CC(N)CCCC2)C1. The lowest BCUT2D eigenvalue weighted by Gasteiger charge is -2.33. The average Bonchev–Trinajstić information content (AvgIpc) is 2.41. The predicted molar refractivity (Wildman–Crippen MR) is 70.2 cm³/mol. The van der Waals surface area contributed by atoms with Crippen molar-refractivity contribution in [1.82, 2.24) is 0 Å². The third-order valence-electron chi connectivity index (χ3n) is 4.38. The lowest BCUT2D eigenvalue weighted by Crippen LogP contribution is -2.22. The average molecular weight is 221 g/mol. The van der Waals surface area contributed by atoms with Gasteiger partial charge in [0.2, 0.25) is 0 Å². The number of hydrogen-bond donors (Lipinski definition) is 1. The Kier molecular flexibility index (Phi) is 4.07. The number of hydrogen-bond acceptors (Lipinski definition) is 1. The topological polar surface area (TPSA) is 26.0 Å². The van der Waals surface area contributed by atoms with Crippen molar-refractivity contribution in [3.05, 3.63) is 11.6 Å². The monoisotopic (exact) mass is 221 g/mol. The molecule has 0 amide bonds. The molecular formula is C15H27N. The molecule has 1 nitrogen and oxygen atoms in total. The van der Waals surface area contributed by atoms with Gasteiger partial charge in [0.05, 0.1) is 0 Å². The van der Waals surface area contributed by atoms with Crippen molar-refractivity contribution in [2.24, 2.45) is 23.5 Å². The van der Waals surface area contributed by atoms with Crippen molar-refractivity contribution in [3.8, 4) is 0 Å². The van der Waals surface area contributed by atoms with Gasteiger partial charge in [-0.3, -0.25) is 0 Å². The molecule has 0 bridgehead atoms. The zero-order chi connectivity index (χ0) is 11.5. The first-order valence-corrected chi connectivity index (χ1v) is 7.11. The van der Waals surface area contributed by atoms with Crippen LogP contribution in [0.1, 0.15) is 58.8 Å². The van der Waals surface area contributed by atoms with Crippen molar-refractivity contribution in [2.75, 3.05) is 0 Å². The molecule has 92 valence electrons. The Bertz CT molecular complexity index is 246. The highest BCUT2D eigenvalue weighted by Crippen LogP contribution is 2.39. The van der Waals surface area contributed by atoms with Gasteiger partial charge in [-0.05, 0) is 56.3 Å². The first-order chi connectivity index (χ1) is 7.65. The Balaban J connectivity index is 2.04. The van der Waals surface area contributed by atoms with Crippen LogP contribution in [0.2, 0.25) is 0 Å². The molecule has 3 unspecified atom stereocenters. The van der Waals surface area contributed by atoms with Crippen LogP contribution in [0.5, 0.6) is 0 Å². The molecule has 2 aliphatic rings. The third-order valence-corrected chi connectivity index (χ3v) is 4.38. The van der Waals surface area contributed by atoms with Crippen molar-refractivity contribution in [1.29, 1.82) is 0 Å². The molecule has 0 aliphatic heterocycles. The van der Waals surface area contributed by atoms with Gasteiger partial charge in [0.1, 0.15) is 0 Å². The second-order valence-corrected chi connectivity index (χ2v) is 6.27. The van der Waals surface area contributed by atoms with Crippen LogP contribution in [-0.2, 0) is 0 Å². The fourth-order valence-corrected chi connectivity index (χ4v) is 3.74. The van der Waals surface area contributed by atoms with Crippen LogP contribution >= 0.6 is 0 Å². The molecule has 0 radical (unpaired) electrons. The highest BCUT2D eigenvalue weighted by molar-refractivity contribution is 5.13. The Morgan fingerprint density at radius 3 is 2.44 bits per heavy atom. The Morgan fingerprint density at radius 1 is 1.06 bits per heavy atom. The van der Waals surface area contributed by atoms with Gasteiger partial charge in [-0.15, -0.1) is 0 Å². The van der Waals surface area contributed by atoms with Gasteiger partial charge in [-0.2, -0.15) is 0 Å². The fourth-order valence-electron chi connectivity index (χ4n) is 3.74. The summed E-state index contributed by atoms with van der Waals surface area (Å²) in [6, 6.07) is 0.338. The van der Waals surface area contributed by atoms with Crippen molar-refractivity contribution >= 4 is 0 Å². The minimum Gasteiger partial charge on any atom is -0.324 e. The summed E-state index contributed by atoms with van der Waals surface area (Å²) >= 11 is 0. The van der Waals surface area contributed by atoms with Crippen LogP contribution in [0.25, 0.3) is 0 Å². The summed E-state index contributed by atoms with van der Waals surface area (Å²) in [6.07, 6.45) is 11.8. The summed E-state index contributed by atoms with van der Waals surface area (Å²) in [7, 11) is 0. The molecule has 3 atom stereocenters. The van der Waals surface area contributed by atoms with Gasteiger partial charge in [0, 0.05) is 6.04 Å². The third kappa shape index (κ3) is 3.10. The zero-order valence-corrected chi connectivity index (χ0v) is 10.9. The molecular weight excluding hydrogens is 194 g/mol. The summed E-state index contributed by atoms with van der Waals surface area (Å²) < 4.78 is 0. The van der Waals surface area contributed by atoms with E-state index >= 15 is 0 Å². The number of allylic oxidation sites excluding steroid dienone is 1. The van der Waals surface area contributed by atoms with E-state index in [1.807, 2.05) is 0 Å². The van der Waals surface area contributed by atoms with Crippen molar-refractivity contribution in [3.63, 3.8) is 0 Å². The summed E-state index contributed by atoms with van der Waals surface area (Å²) in [6.45, 7) is 4.83. The first-order valence-electron chi connectivity index (χ1n) is 7.11. The maximum absolute atomic E-state index is 6.12. The molecule has 16 heavy (non-hydrogen) atoms. The van der Waals surface area contributed by atoms with E-state index in [1.165, 1.54) is 44.9 Å². The van der Waals surface area contributed by atoms with Gasteiger partial charge >= 0.3 is 0 Å². The molecule has 2 N–H and O–H groups in total. The molecule has 2 rings (SSSR count). The van der Waals surface area contributed by atoms with Crippen LogP contribution < -0.4 is 5.73 Å². The molecule has 1 saturated carbocycles. The second kappa shape index (κ2) is 5.35. The molecule has 1 fully saturated rings. The van der Waals surface area contributed by atoms with E-state index in [0.717, 1.165) is 17.8 Å². The Morgan fingerprint density at radius 2 is 1.75 bits per heavy atom. The van der Waals surface area contributed by atoms with Crippen molar-refractivity contribution < 1.29 is 0 Å². The minimum atomic E-state index is 0.338. The summed E-state index contributed by atoms with van der Waals surface area (Å²) in [5.74, 6) is 2.67. The maximum atomic E-state index is 6.12. The predicted octanol–water partition coefficient (Wildman–Crippen LogP) is 3.89. The van der Waals surface area contributed by atoms with Gasteiger partial charge in [0.15, 0.2) is 0 Å². The van der Waals surface area contributed by atoms with Crippen LogP contribution in [-0.4, -0.2) is 6.04 Å². The fraction of sp³-hybridized carbons (Fsp3) is 0.867. The van der Waals surface area contributed by atoms with Crippen LogP contribution in [0.3, 0.4) is 0 Å². The van der Waals surface area contributed by atoms with Crippen molar-refractivity contribution in [2.45, 2.75) is 64.8 Å². The van der Waals surface area contributed by atoms with Crippen LogP contribution in [0, 0.1) is 17.8 Å². The molecule has 0 heterocycles. The smallest absolute Gasteiger partial charge is 0.0226 e. The largest absolute Gasteiger partial charge is 0.324 e. The quantitative estimate of drug-likeness (QED) is 0.668. The molecule has 0 aromatic rings. The van der Waals surface area contributed by atoms with E-state index in [9.17, 15) is 0 Å². The lowest BCUT2D eigenvalue weighted by atomic mass is 9.73. The molecule has 1 heteroatoms. The van der Waals surface area contributed by atoms with Crippen LogP contribution in [0.4, 0.5) is 0 Å².